The lowest BCUT2D eigenvalue weighted by Crippen LogP contribution is -1.98. The molecule has 0 N–H and O–H groups in total. The number of hydrogen-bond donors (Lipinski definition) is 0. The van der Waals surface area contributed by atoms with Crippen LogP contribution in [0.25, 0.3) is 0 Å². The van der Waals surface area contributed by atoms with E-state index in [0.717, 1.165) is 12.8 Å². The molecule has 20 heavy (non-hydrogen) atoms. The Morgan fingerprint density at radius 3 is 1.85 bits per heavy atom. The molecule has 0 spiro atoms. The Balaban J connectivity index is 3.10. The SMILES string of the molecule is CCCCCCCC/C=C/CCCCCCC(=O)OC. The Kier molecular flexibility index (Phi) is 15.6. The summed E-state index contributed by atoms with van der Waals surface area (Å²) in [5, 5.41) is 0. The van der Waals surface area contributed by atoms with E-state index in [1.165, 1.54) is 71.3 Å². The van der Waals surface area contributed by atoms with Gasteiger partial charge in [-0.2, -0.15) is 0 Å². The second-order valence-electron chi connectivity index (χ2n) is 5.56. The van der Waals surface area contributed by atoms with Gasteiger partial charge in [0.15, 0.2) is 0 Å². The van der Waals surface area contributed by atoms with Gasteiger partial charge in [0.1, 0.15) is 0 Å². The highest BCUT2D eigenvalue weighted by Gasteiger charge is 1.98. The van der Waals surface area contributed by atoms with Crippen molar-refractivity contribution in [1.29, 1.82) is 0 Å². The Morgan fingerprint density at radius 2 is 1.30 bits per heavy atom. The zero-order valence-corrected chi connectivity index (χ0v) is 13.7. The van der Waals surface area contributed by atoms with Crippen LogP contribution in [0.1, 0.15) is 90.4 Å². The molecule has 0 aromatic carbocycles. The van der Waals surface area contributed by atoms with Gasteiger partial charge in [0.05, 0.1) is 7.11 Å². The molecule has 0 atom stereocenters. The van der Waals surface area contributed by atoms with Crippen molar-refractivity contribution in [1.82, 2.24) is 0 Å². The molecule has 0 bridgehead atoms. The fourth-order valence-corrected chi connectivity index (χ4v) is 2.27. The third-order valence-electron chi connectivity index (χ3n) is 3.62. The monoisotopic (exact) mass is 282 g/mol. The highest BCUT2D eigenvalue weighted by atomic mass is 16.5. The second kappa shape index (κ2) is 16.3. The fraction of sp³-hybridized carbons (Fsp3) is 0.833. The van der Waals surface area contributed by atoms with Crippen molar-refractivity contribution in [2.45, 2.75) is 90.4 Å². The van der Waals surface area contributed by atoms with Crippen molar-refractivity contribution < 1.29 is 9.53 Å². The summed E-state index contributed by atoms with van der Waals surface area (Å²) in [4.78, 5) is 10.9. The quantitative estimate of drug-likeness (QED) is 0.228. The fourth-order valence-electron chi connectivity index (χ4n) is 2.27. The van der Waals surface area contributed by atoms with Crippen LogP contribution in [0.5, 0.6) is 0 Å². The van der Waals surface area contributed by atoms with E-state index in [9.17, 15) is 4.79 Å². The van der Waals surface area contributed by atoms with Crippen LogP contribution >= 0.6 is 0 Å². The van der Waals surface area contributed by atoms with Crippen molar-refractivity contribution in [2.24, 2.45) is 0 Å². The maximum atomic E-state index is 10.9. The number of ether oxygens (including phenoxy) is 1. The van der Waals surface area contributed by atoms with Crippen molar-refractivity contribution in [3.05, 3.63) is 12.2 Å². The van der Waals surface area contributed by atoms with Crippen molar-refractivity contribution in [2.75, 3.05) is 7.11 Å². The van der Waals surface area contributed by atoms with Crippen LogP contribution in [-0.2, 0) is 9.53 Å². The molecule has 0 amide bonds. The van der Waals surface area contributed by atoms with Gasteiger partial charge in [-0.25, -0.2) is 0 Å². The van der Waals surface area contributed by atoms with Crippen LogP contribution in [0.2, 0.25) is 0 Å². The maximum Gasteiger partial charge on any atom is 0.305 e. The van der Waals surface area contributed by atoms with Crippen LogP contribution in [0.4, 0.5) is 0 Å². The van der Waals surface area contributed by atoms with E-state index in [2.05, 4.69) is 23.8 Å². The minimum absolute atomic E-state index is 0.0798. The number of rotatable bonds is 14. The van der Waals surface area contributed by atoms with Gasteiger partial charge in [-0.05, 0) is 32.1 Å². The molecule has 0 fully saturated rings. The maximum absolute atomic E-state index is 10.9. The van der Waals surface area contributed by atoms with Gasteiger partial charge in [0, 0.05) is 6.42 Å². The molecule has 0 aliphatic rings. The molecule has 0 radical (unpaired) electrons. The largest absolute Gasteiger partial charge is 0.469 e. The third kappa shape index (κ3) is 15.3. The van der Waals surface area contributed by atoms with Crippen LogP contribution in [0.3, 0.4) is 0 Å². The van der Waals surface area contributed by atoms with E-state index in [1.807, 2.05) is 0 Å². The zero-order valence-electron chi connectivity index (χ0n) is 13.7. The van der Waals surface area contributed by atoms with Gasteiger partial charge in [0.25, 0.3) is 0 Å². The molecule has 0 saturated heterocycles. The molecule has 0 aliphatic heterocycles. The predicted molar refractivity (Wildman–Crippen MR) is 86.9 cm³/mol. The molecule has 0 saturated carbocycles. The first-order chi connectivity index (χ1) is 9.81. The summed E-state index contributed by atoms with van der Waals surface area (Å²) in [6.45, 7) is 2.26. The van der Waals surface area contributed by atoms with Crippen LogP contribution in [0, 0.1) is 0 Å². The summed E-state index contributed by atoms with van der Waals surface area (Å²) >= 11 is 0. The Hall–Kier alpha value is -0.790. The molecule has 0 unspecified atom stereocenters. The van der Waals surface area contributed by atoms with Crippen LogP contribution in [-0.4, -0.2) is 13.1 Å². The number of hydrogen-bond acceptors (Lipinski definition) is 2. The summed E-state index contributed by atoms with van der Waals surface area (Å²) in [7, 11) is 1.46. The summed E-state index contributed by atoms with van der Waals surface area (Å²) in [6.07, 6.45) is 20.5. The first-order valence-electron chi connectivity index (χ1n) is 8.53. The summed E-state index contributed by atoms with van der Waals surface area (Å²) < 4.78 is 4.61. The lowest BCUT2D eigenvalue weighted by Gasteiger charge is -1.99. The summed E-state index contributed by atoms with van der Waals surface area (Å²) in [6, 6.07) is 0. The van der Waals surface area contributed by atoms with Gasteiger partial charge >= 0.3 is 5.97 Å². The smallest absolute Gasteiger partial charge is 0.305 e. The van der Waals surface area contributed by atoms with Gasteiger partial charge in [-0.3, -0.25) is 4.79 Å². The highest BCUT2D eigenvalue weighted by molar-refractivity contribution is 5.68. The molecule has 2 nitrogen and oxygen atoms in total. The number of esters is 1. The highest BCUT2D eigenvalue weighted by Crippen LogP contribution is 2.09. The Bertz CT molecular complexity index is 234. The molecular formula is C18H34O2. The summed E-state index contributed by atoms with van der Waals surface area (Å²) in [5.74, 6) is -0.0798. The minimum Gasteiger partial charge on any atom is -0.469 e. The number of allylic oxidation sites excluding steroid dienone is 2. The molecular weight excluding hydrogens is 248 g/mol. The van der Waals surface area contributed by atoms with Crippen LogP contribution < -0.4 is 0 Å². The Labute approximate surface area is 126 Å². The van der Waals surface area contributed by atoms with E-state index in [0.29, 0.717) is 6.42 Å². The first-order valence-corrected chi connectivity index (χ1v) is 8.53. The molecule has 118 valence electrons. The van der Waals surface area contributed by atoms with Crippen molar-refractivity contribution in [3.63, 3.8) is 0 Å². The van der Waals surface area contributed by atoms with Crippen molar-refractivity contribution >= 4 is 5.97 Å². The van der Waals surface area contributed by atoms with Gasteiger partial charge in [-0.15, -0.1) is 0 Å². The normalized spacial score (nSPS) is 11.1. The average Bonchev–Trinajstić information content (AvgIpc) is 2.47. The number of methoxy groups -OCH3 is 1. The Morgan fingerprint density at radius 1 is 0.800 bits per heavy atom. The van der Waals surface area contributed by atoms with Gasteiger partial charge < -0.3 is 4.74 Å². The number of unbranched alkanes of at least 4 members (excludes halogenated alkanes) is 10. The topological polar surface area (TPSA) is 26.3 Å². The first kappa shape index (κ1) is 19.2. The molecule has 0 aromatic heterocycles. The van der Waals surface area contributed by atoms with Crippen molar-refractivity contribution in [3.8, 4) is 0 Å². The number of carbonyl (C=O) groups is 1. The van der Waals surface area contributed by atoms with E-state index in [1.54, 1.807) is 0 Å². The van der Waals surface area contributed by atoms with E-state index < -0.39 is 0 Å². The van der Waals surface area contributed by atoms with E-state index in [-0.39, 0.29) is 5.97 Å². The standard InChI is InChI=1S/C18H34O2/c1-3-4-5-6-7-8-9-10-11-12-13-14-15-16-17-18(19)20-2/h10-11H,3-9,12-17H2,1-2H3/b11-10+. The zero-order chi connectivity index (χ0) is 14.9. The molecule has 2 heteroatoms. The minimum atomic E-state index is -0.0798. The van der Waals surface area contributed by atoms with E-state index in [4.69, 9.17) is 0 Å². The van der Waals surface area contributed by atoms with E-state index >= 15 is 0 Å². The van der Waals surface area contributed by atoms with Gasteiger partial charge in [0.2, 0.25) is 0 Å². The third-order valence-corrected chi connectivity index (χ3v) is 3.62. The predicted octanol–water partition coefficient (Wildman–Crippen LogP) is 5.81. The summed E-state index contributed by atoms with van der Waals surface area (Å²) in [5.41, 5.74) is 0. The average molecular weight is 282 g/mol. The lowest BCUT2D eigenvalue weighted by molar-refractivity contribution is -0.140. The molecule has 0 aromatic rings. The van der Waals surface area contributed by atoms with Crippen LogP contribution in [0.15, 0.2) is 12.2 Å². The molecule has 0 rings (SSSR count). The number of carbonyl (C=O) groups excluding carboxylic acids is 1. The molecule has 0 heterocycles. The second-order valence-corrected chi connectivity index (χ2v) is 5.56. The molecule has 0 aliphatic carbocycles. The lowest BCUT2D eigenvalue weighted by atomic mass is 10.1. The van der Waals surface area contributed by atoms with Gasteiger partial charge in [-0.1, -0.05) is 64.0 Å².